The molecule has 1 aliphatic rings. The minimum Gasteiger partial charge on any atom is -0.366 e. The molecule has 2 aromatic rings. The van der Waals surface area contributed by atoms with E-state index in [1.165, 1.54) is 6.33 Å². The predicted molar refractivity (Wildman–Crippen MR) is 96.3 cm³/mol. The Labute approximate surface area is 149 Å². The Morgan fingerprint density at radius 3 is 2.36 bits per heavy atom. The van der Waals surface area contributed by atoms with Crippen molar-refractivity contribution < 1.29 is 9.53 Å². The Balaban J connectivity index is 1.90. The van der Waals surface area contributed by atoms with Crippen molar-refractivity contribution in [3.63, 3.8) is 0 Å². The zero-order valence-corrected chi connectivity index (χ0v) is 15.3. The highest BCUT2D eigenvalue weighted by atomic mass is 16.5. The maximum Gasteiger partial charge on any atom is 0.257 e. The average molecular weight is 339 g/mol. The molecule has 2 atom stereocenters. The van der Waals surface area contributed by atoms with Gasteiger partial charge in [-0.3, -0.25) is 4.79 Å². The minimum absolute atomic E-state index is 0.00755. The first-order valence-electron chi connectivity index (χ1n) is 8.75. The summed E-state index contributed by atoms with van der Waals surface area (Å²) >= 11 is 0. The highest BCUT2D eigenvalue weighted by Gasteiger charge is 2.34. The van der Waals surface area contributed by atoms with Crippen LogP contribution in [0, 0.1) is 19.8 Å². The van der Waals surface area contributed by atoms with Gasteiger partial charge < -0.3 is 9.64 Å². The van der Waals surface area contributed by atoms with E-state index in [1.54, 1.807) is 0 Å². The van der Waals surface area contributed by atoms with Crippen molar-refractivity contribution in [2.75, 3.05) is 13.1 Å². The van der Waals surface area contributed by atoms with E-state index in [2.05, 4.69) is 35.9 Å². The molecule has 2 heterocycles. The third-order valence-corrected chi connectivity index (χ3v) is 4.77. The largest absolute Gasteiger partial charge is 0.366 e. The number of hydrogen-bond donors (Lipinski definition) is 0. The second-order valence-electron chi connectivity index (χ2n) is 6.95. The smallest absolute Gasteiger partial charge is 0.257 e. The van der Waals surface area contributed by atoms with E-state index in [4.69, 9.17) is 4.74 Å². The van der Waals surface area contributed by atoms with Gasteiger partial charge in [-0.15, -0.1) is 0 Å². The maximum absolute atomic E-state index is 13.2. The van der Waals surface area contributed by atoms with Gasteiger partial charge in [0, 0.05) is 6.54 Å². The molecular weight excluding hydrogens is 314 g/mol. The standard InChI is InChI=1S/C20H25N3O2/c1-13(2)17-10-23(11-18(25-17)16-8-6-5-7-9-16)20(24)19-14(3)21-12-22-15(19)4/h5-9,12-13,17-18H,10-11H2,1-4H3/t17-,18+/m1/s1. The number of ether oxygens (including phenoxy) is 1. The summed E-state index contributed by atoms with van der Waals surface area (Å²) in [6, 6.07) is 10.1. The highest BCUT2D eigenvalue weighted by molar-refractivity contribution is 5.96. The molecule has 1 fully saturated rings. The lowest BCUT2D eigenvalue weighted by molar-refractivity contribution is -0.0955. The highest BCUT2D eigenvalue weighted by Crippen LogP contribution is 2.29. The fourth-order valence-electron chi connectivity index (χ4n) is 3.24. The summed E-state index contributed by atoms with van der Waals surface area (Å²) in [5.74, 6) is 0.321. The summed E-state index contributed by atoms with van der Waals surface area (Å²) < 4.78 is 6.29. The predicted octanol–water partition coefficient (Wildman–Crippen LogP) is 3.33. The number of rotatable bonds is 3. The van der Waals surface area contributed by atoms with Crippen LogP contribution in [-0.2, 0) is 4.74 Å². The van der Waals surface area contributed by atoms with Gasteiger partial charge in [-0.2, -0.15) is 0 Å². The molecule has 1 aromatic carbocycles. The second kappa shape index (κ2) is 7.31. The molecule has 0 radical (unpaired) electrons. The van der Waals surface area contributed by atoms with Crippen molar-refractivity contribution in [2.24, 2.45) is 5.92 Å². The molecular formula is C20H25N3O2. The minimum atomic E-state index is -0.114. The molecule has 0 bridgehead atoms. The van der Waals surface area contributed by atoms with E-state index < -0.39 is 0 Å². The van der Waals surface area contributed by atoms with Gasteiger partial charge in [0.2, 0.25) is 0 Å². The molecule has 0 aliphatic carbocycles. The number of morpholine rings is 1. The van der Waals surface area contributed by atoms with E-state index in [0.717, 1.165) is 17.0 Å². The van der Waals surface area contributed by atoms with Gasteiger partial charge in [0.1, 0.15) is 12.4 Å². The third kappa shape index (κ3) is 3.71. The van der Waals surface area contributed by atoms with Gasteiger partial charge >= 0.3 is 0 Å². The fourth-order valence-corrected chi connectivity index (χ4v) is 3.24. The molecule has 0 saturated carbocycles. The van der Waals surface area contributed by atoms with Gasteiger partial charge in [0.25, 0.3) is 5.91 Å². The van der Waals surface area contributed by atoms with Crippen molar-refractivity contribution in [3.8, 4) is 0 Å². The van der Waals surface area contributed by atoms with Crippen LogP contribution in [0.25, 0.3) is 0 Å². The maximum atomic E-state index is 13.2. The zero-order valence-electron chi connectivity index (χ0n) is 15.3. The summed E-state index contributed by atoms with van der Waals surface area (Å²) in [4.78, 5) is 23.5. The first-order chi connectivity index (χ1) is 12.0. The molecule has 5 heteroatoms. The van der Waals surface area contributed by atoms with Crippen LogP contribution in [-0.4, -0.2) is 40.0 Å². The summed E-state index contributed by atoms with van der Waals surface area (Å²) in [5, 5.41) is 0. The van der Waals surface area contributed by atoms with Crippen molar-refractivity contribution in [1.29, 1.82) is 0 Å². The Morgan fingerprint density at radius 1 is 1.12 bits per heavy atom. The number of amides is 1. The van der Waals surface area contributed by atoms with Gasteiger partial charge in [0.15, 0.2) is 0 Å². The molecule has 0 spiro atoms. The van der Waals surface area contributed by atoms with Crippen molar-refractivity contribution in [3.05, 3.63) is 59.2 Å². The number of aromatic nitrogens is 2. The van der Waals surface area contributed by atoms with E-state index in [-0.39, 0.29) is 18.1 Å². The van der Waals surface area contributed by atoms with Crippen molar-refractivity contribution in [2.45, 2.75) is 39.9 Å². The second-order valence-corrected chi connectivity index (χ2v) is 6.95. The third-order valence-electron chi connectivity index (χ3n) is 4.77. The Hall–Kier alpha value is -2.27. The quantitative estimate of drug-likeness (QED) is 0.861. The van der Waals surface area contributed by atoms with Gasteiger partial charge in [-0.1, -0.05) is 44.2 Å². The van der Waals surface area contributed by atoms with Crippen molar-refractivity contribution >= 4 is 5.91 Å². The summed E-state index contributed by atoms with van der Waals surface area (Å²) in [5.41, 5.74) is 3.16. The van der Waals surface area contributed by atoms with Gasteiger partial charge in [-0.25, -0.2) is 9.97 Å². The Kier molecular flexibility index (Phi) is 5.13. The summed E-state index contributed by atoms with van der Waals surface area (Å²) in [7, 11) is 0. The molecule has 132 valence electrons. The molecule has 1 saturated heterocycles. The van der Waals surface area contributed by atoms with E-state index in [1.807, 2.05) is 36.9 Å². The molecule has 0 N–H and O–H groups in total. The lowest BCUT2D eigenvalue weighted by Gasteiger charge is -2.40. The van der Waals surface area contributed by atoms with Gasteiger partial charge in [0.05, 0.1) is 29.6 Å². The molecule has 3 rings (SSSR count). The van der Waals surface area contributed by atoms with E-state index in [0.29, 0.717) is 24.6 Å². The van der Waals surface area contributed by atoms with Gasteiger partial charge in [-0.05, 0) is 25.3 Å². The number of carbonyl (C=O) groups excluding carboxylic acids is 1. The first kappa shape index (κ1) is 17.5. The molecule has 1 amide bonds. The number of carbonyl (C=O) groups is 1. The number of hydrogen-bond acceptors (Lipinski definition) is 4. The monoisotopic (exact) mass is 339 g/mol. The molecule has 0 unspecified atom stereocenters. The lowest BCUT2D eigenvalue weighted by Crippen LogP contribution is -2.49. The van der Waals surface area contributed by atoms with Crippen LogP contribution in [0.1, 0.15) is 47.3 Å². The molecule has 1 aliphatic heterocycles. The van der Waals surface area contributed by atoms with Crippen LogP contribution in [0.2, 0.25) is 0 Å². The number of aryl methyl sites for hydroxylation is 2. The summed E-state index contributed by atoms with van der Waals surface area (Å²) in [6.07, 6.45) is 1.40. The normalized spacial score (nSPS) is 20.8. The lowest BCUT2D eigenvalue weighted by atomic mass is 10.00. The SMILES string of the molecule is Cc1ncnc(C)c1C(=O)N1C[C@@H](c2ccccc2)O[C@@H](C(C)C)C1. The van der Waals surface area contributed by atoms with Crippen LogP contribution in [0.4, 0.5) is 0 Å². The average Bonchev–Trinajstić information content (AvgIpc) is 2.61. The number of nitrogens with zero attached hydrogens (tertiary/aromatic N) is 3. The van der Waals surface area contributed by atoms with Crippen molar-refractivity contribution in [1.82, 2.24) is 14.9 Å². The Bertz CT molecular complexity index is 726. The Morgan fingerprint density at radius 2 is 1.76 bits per heavy atom. The molecule has 25 heavy (non-hydrogen) atoms. The number of benzene rings is 1. The molecule has 1 aromatic heterocycles. The van der Waals surface area contributed by atoms with Crippen LogP contribution in [0.15, 0.2) is 36.7 Å². The van der Waals surface area contributed by atoms with Crippen LogP contribution < -0.4 is 0 Å². The molecule has 5 nitrogen and oxygen atoms in total. The van der Waals surface area contributed by atoms with E-state index in [9.17, 15) is 4.79 Å². The zero-order chi connectivity index (χ0) is 18.0. The van der Waals surface area contributed by atoms with E-state index >= 15 is 0 Å². The first-order valence-corrected chi connectivity index (χ1v) is 8.75. The topological polar surface area (TPSA) is 55.3 Å². The fraction of sp³-hybridized carbons (Fsp3) is 0.450. The summed E-state index contributed by atoms with van der Waals surface area (Å²) in [6.45, 7) is 9.10. The van der Waals surface area contributed by atoms with Crippen LogP contribution in [0.5, 0.6) is 0 Å². The van der Waals surface area contributed by atoms with Crippen LogP contribution in [0.3, 0.4) is 0 Å². The van der Waals surface area contributed by atoms with Crippen LogP contribution >= 0.6 is 0 Å².